The smallest absolute Gasteiger partial charge is 0.414 e. The third kappa shape index (κ3) is 4.71. The van der Waals surface area contributed by atoms with Crippen LogP contribution in [0.4, 0.5) is 20.8 Å². The van der Waals surface area contributed by atoms with Crippen molar-refractivity contribution in [1.29, 1.82) is 0 Å². The third-order valence-corrected chi connectivity index (χ3v) is 4.74. The Kier molecular flexibility index (Phi) is 5.85. The van der Waals surface area contributed by atoms with Crippen molar-refractivity contribution < 1.29 is 23.5 Å². The van der Waals surface area contributed by atoms with Crippen molar-refractivity contribution >= 4 is 30.0 Å². The molecule has 0 aliphatic carbocycles. The summed E-state index contributed by atoms with van der Waals surface area (Å²) in [6.45, 7) is 1.91. The zero-order valence-electron chi connectivity index (χ0n) is 17.2. The molecular weight excluding hydrogens is 437 g/mol. The lowest BCUT2D eigenvalue weighted by Crippen LogP contribution is -2.30. The number of ether oxygens (including phenoxy) is 1. The fourth-order valence-electron chi connectivity index (χ4n) is 3.27. The molecule has 0 radical (unpaired) electrons. The minimum atomic E-state index is -0.663. The first-order chi connectivity index (χ1) is 15.8. The van der Waals surface area contributed by atoms with E-state index < -0.39 is 29.5 Å². The molecule has 1 fully saturated rings. The van der Waals surface area contributed by atoms with E-state index in [4.69, 9.17) is 4.74 Å². The molecule has 0 saturated carbocycles. The number of H-pyrrole nitrogens is 1. The molecule has 1 atom stereocenters. The molecule has 170 valence electrons. The Hall–Kier alpha value is -4.55. The average molecular weight is 455 g/mol. The van der Waals surface area contributed by atoms with E-state index in [1.54, 1.807) is 6.92 Å². The van der Waals surface area contributed by atoms with E-state index in [-0.39, 0.29) is 36.1 Å². The van der Waals surface area contributed by atoms with E-state index in [0.717, 1.165) is 6.07 Å². The van der Waals surface area contributed by atoms with Gasteiger partial charge < -0.3 is 14.6 Å². The largest absolute Gasteiger partial charge is 0.442 e. The van der Waals surface area contributed by atoms with Gasteiger partial charge >= 0.3 is 6.09 Å². The van der Waals surface area contributed by atoms with Gasteiger partial charge in [-0.1, -0.05) is 0 Å². The molecule has 3 N–H and O–H groups in total. The van der Waals surface area contributed by atoms with Crippen LogP contribution in [0.3, 0.4) is 0 Å². The van der Waals surface area contributed by atoms with Crippen molar-refractivity contribution in [3.63, 3.8) is 0 Å². The maximum atomic E-state index is 14.8. The number of rotatable bonds is 7. The molecule has 1 aliphatic heterocycles. The van der Waals surface area contributed by atoms with Crippen molar-refractivity contribution in [2.75, 3.05) is 23.3 Å². The zero-order valence-corrected chi connectivity index (χ0v) is 17.2. The van der Waals surface area contributed by atoms with Crippen molar-refractivity contribution in [3.05, 3.63) is 64.3 Å². The number of aryl methyl sites for hydroxylation is 1. The van der Waals surface area contributed by atoms with E-state index in [9.17, 15) is 23.6 Å². The number of cyclic esters (lactones) is 1. The third-order valence-electron chi connectivity index (χ3n) is 4.74. The monoisotopic (exact) mass is 455 g/mol. The first kappa shape index (κ1) is 21.7. The number of amides is 3. The number of imidazole rings is 1. The second kappa shape index (κ2) is 8.90. The van der Waals surface area contributed by atoms with Crippen molar-refractivity contribution in [2.45, 2.75) is 13.0 Å². The number of halogens is 1. The second-order valence-electron chi connectivity index (χ2n) is 7.13. The standard InChI is InChI=1S/C20H18FN7O5/c1-11-4-17(30)25-19(24-11)26-18(31)15-8-27(9-23-15)16-3-2-12(5-14(16)21)28-7-13(6-22-10-29)33-20(28)32/h2-5,8-10,13H,6-7H2,1H3,(H,22,29)(H2,24,25,26,30,31). The van der Waals surface area contributed by atoms with Crippen LogP contribution in [0, 0.1) is 12.7 Å². The number of nitrogens with zero attached hydrogens (tertiary/aromatic N) is 4. The molecule has 13 heteroatoms. The highest BCUT2D eigenvalue weighted by Crippen LogP contribution is 2.25. The molecule has 3 amide bonds. The quantitative estimate of drug-likeness (QED) is 0.444. The summed E-state index contributed by atoms with van der Waals surface area (Å²) in [5, 5.41) is 4.86. The van der Waals surface area contributed by atoms with Gasteiger partial charge in [0.25, 0.3) is 11.5 Å². The van der Waals surface area contributed by atoms with Crippen LogP contribution < -0.4 is 21.1 Å². The van der Waals surface area contributed by atoms with Gasteiger partial charge in [0.15, 0.2) is 0 Å². The summed E-state index contributed by atoms with van der Waals surface area (Å²) < 4.78 is 21.3. The van der Waals surface area contributed by atoms with E-state index in [1.807, 2.05) is 0 Å². The van der Waals surface area contributed by atoms with Crippen LogP contribution in [0.5, 0.6) is 0 Å². The Labute approximate surface area is 185 Å². The summed E-state index contributed by atoms with van der Waals surface area (Å²) in [4.78, 5) is 58.0. The molecule has 1 aromatic carbocycles. The molecule has 0 spiro atoms. The summed E-state index contributed by atoms with van der Waals surface area (Å²) >= 11 is 0. The lowest BCUT2D eigenvalue weighted by Gasteiger charge is -2.14. The highest BCUT2D eigenvalue weighted by Gasteiger charge is 2.32. The molecule has 33 heavy (non-hydrogen) atoms. The van der Waals surface area contributed by atoms with Gasteiger partial charge in [-0.05, 0) is 25.1 Å². The van der Waals surface area contributed by atoms with Gasteiger partial charge in [0.05, 0.1) is 24.5 Å². The first-order valence-corrected chi connectivity index (χ1v) is 9.72. The molecule has 2 aromatic heterocycles. The summed E-state index contributed by atoms with van der Waals surface area (Å²) in [6, 6.07) is 5.39. The highest BCUT2D eigenvalue weighted by atomic mass is 19.1. The van der Waals surface area contributed by atoms with Crippen molar-refractivity contribution in [1.82, 2.24) is 24.8 Å². The van der Waals surface area contributed by atoms with Crippen molar-refractivity contribution in [3.8, 4) is 5.69 Å². The lowest BCUT2D eigenvalue weighted by molar-refractivity contribution is -0.109. The van der Waals surface area contributed by atoms with E-state index in [2.05, 4.69) is 25.6 Å². The minimum Gasteiger partial charge on any atom is -0.442 e. The number of benzene rings is 1. The number of aromatic nitrogens is 4. The number of carbonyl (C=O) groups is 3. The van der Waals surface area contributed by atoms with Crippen LogP contribution >= 0.6 is 0 Å². The molecule has 1 saturated heterocycles. The Morgan fingerprint density at radius 1 is 1.36 bits per heavy atom. The van der Waals surface area contributed by atoms with Gasteiger partial charge in [-0.2, -0.15) is 0 Å². The van der Waals surface area contributed by atoms with Crippen LogP contribution in [-0.4, -0.2) is 57.1 Å². The van der Waals surface area contributed by atoms with Gasteiger partial charge in [-0.25, -0.2) is 19.2 Å². The molecule has 3 aromatic rings. The fourth-order valence-corrected chi connectivity index (χ4v) is 3.27. The van der Waals surface area contributed by atoms with Gasteiger partial charge in [-0.15, -0.1) is 0 Å². The number of hydrogen-bond acceptors (Lipinski definition) is 7. The Bertz CT molecular complexity index is 1290. The molecule has 0 bridgehead atoms. The zero-order chi connectivity index (χ0) is 23.5. The normalized spacial score (nSPS) is 15.3. The second-order valence-corrected chi connectivity index (χ2v) is 7.13. The minimum absolute atomic E-state index is 0.0312. The number of nitrogens with one attached hydrogen (secondary N) is 3. The Morgan fingerprint density at radius 3 is 2.91 bits per heavy atom. The summed E-state index contributed by atoms with van der Waals surface area (Å²) in [5.74, 6) is -1.34. The SMILES string of the molecule is Cc1cc(=O)[nH]c(NC(=O)c2cn(-c3ccc(N4CC(CNC=O)OC4=O)cc3F)cn2)n1. The first-order valence-electron chi connectivity index (χ1n) is 9.72. The summed E-state index contributed by atoms with van der Waals surface area (Å²) in [7, 11) is 0. The average Bonchev–Trinajstić information content (AvgIpc) is 3.38. The lowest BCUT2D eigenvalue weighted by atomic mass is 10.2. The molecule has 1 unspecified atom stereocenters. The number of aromatic amines is 1. The van der Waals surface area contributed by atoms with Crippen LogP contribution in [0.1, 0.15) is 16.2 Å². The van der Waals surface area contributed by atoms with E-state index in [0.29, 0.717) is 12.1 Å². The molecule has 1 aliphatic rings. The summed E-state index contributed by atoms with van der Waals surface area (Å²) in [5.41, 5.74) is 0.353. The molecule has 3 heterocycles. The Balaban J connectivity index is 1.49. The number of anilines is 2. The Morgan fingerprint density at radius 2 is 2.18 bits per heavy atom. The maximum Gasteiger partial charge on any atom is 0.414 e. The highest BCUT2D eigenvalue weighted by molar-refractivity contribution is 6.01. The van der Waals surface area contributed by atoms with E-state index in [1.165, 1.54) is 40.2 Å². The van der Waals surface area contributed by atoms with Crippen LogP contribution in [-0.2, 0) is 9.53 Å². The molecule has 4 rings (SSSR count). The van der Waals surface area contributed by atoms with Crippen LogP contribution in [0.2, 0.25) is 0 Å². The van der Waals surface area contributed by atoms with E-state index >= 15 is 0 Å². The van der Waals surface area contributed by atoms with Gasteiger partial charge in [0.2, 0.25) is 12.4 Å². The molecule has 12 nitrogen and oxygen atoms in total. The van der Waals surface area contributed by atoms with Crippen molar-refractivity contribution in [2.24, 2.45) is 0 Å². The van der Waals surface area contributed by atoms with Crippen LogP contribution in [0.15, 0.2) is 41.6 Å². The predicted molar refractivity (Wildman–Crippen MR) is 113 cm³/mol. The predicted octanol–water partition coefficient (Wildman–Crippen LogP) is 0.727. The summed E-state index contributed by atoms with van der Waals surface area (Å²) in [6.07, 6.45) is 1.88. The topological polar surface area (TPSA) is 151 Å². The number of hydrogen-bond donors (Lipinski definition) is 3. The molecular formula is C20H18FN7O5. The maximum absolute atomic E-state index is 14.8. The number of carbonyl (C=O) groups excluding carboxylic acids is 3. The van der Waals surface area contributed by atoms with Gasteiger partial charge in [-0.3, -0.25) is 29.6 Å². The van der Waals surface area contributed by atoms with Gasteiger partial charge in [0.1, 0.15) is 23.9 Å². The van der Waals surface area contributed by atoms with Gasteiger partial charge in [0, 0.05) is 18.0 Å². The fraction of sp³-hybridized carbons (Fsp3) is 0.200. The van der Waals surface area contributed by atoms with Crippen LogP contribution in [0.25, 0.3) is 5.69 Å².